The number of carbonyl (C=O) groups excluding carboxylic acids is 1. The summed E-state index contributed by atoms with van der Waals surface area (Å²) in [6, 6.07) is 2.01. The highest BCUT2D eigenvalue weighted by molar-refractivity contribution is 7.85. The molecule has 1 heterocycles. The molecular weight excluding hydrogens is 319 g/mol. The fourth-order valence-electron chi connectivity index (χ4n) is 1.39. The van der Waals surface area contributed by atoms with Gasteiger partial charge in [-0.3, -0.25) is 5.32 Å². The molecule has 0 fully saturated rings. The van der Waals surface area contributed by atoms with E-state index in [1.54, 1.807) is 33.3 Å². The van der Waals surface area contributed by atoms with Gasteiger partial charge in [0.25, 0.3) is 0 Å². The Hall–Kier alpha value is -1.64. The van der Waals surface area contributed by atoms with Crippen LogP contribution in [0.1, 0.15) is 26.5 Å². The van der Waals surface area contributed by atoms with Gasteiger partial charge in [-0.1, -0.05) is 10.7 Å². The maximum Gasteiger partial charge on any atom is 0.433 e. The van der Waals surface area contributed by atoms with Crippen LogP contribution in [-0.4, -0.2) is 29.2 Å². The molecular formula is C13H18F3N3O2S. The van der Waals surface area contributed by atoms with E-state index < -0.39 is 34.3 Å². The maximum absolute atomic E-state index is 12.8. The molecule has 0 bridgehead atoms. The first kappa shape index (κ1) is 18.4. The van der Waals surface area contributed by atoms with Crippen LogP contribution in [0, 0.1) is 0 Å². The van der Waals surface area contributed by atoms with Crippen LogP contribution in [0.3, 0.4) is 0 Å². The minimum absolute atomic E-state index is 0.0687. The predicted molar refractivity (Wildman–Crippen MR) is 80.4 cm³/mol. The zero-order chi connectivity index (χ0) is 17.1. The second kappa shape index (κ2) is 6.64. The Kier molecular flexibility index (Phi) is 5.55. The normalized spacial score (nSPS) is 12.2. The summed E-state index contributed by atoms with van der Waals surface area (Å²) in [6.07, 6.45) is -1.99. The van der Waals surface area contributed by atoms with Gasteiger partial charge < -0.3 is 4.74 Å². The summed E-state index contributed by atoms with van der Waals surface area (Å²) in [6.45, 7) is 4.96. The Balaban J connectivity index is 3.13. The Morgan fingerprint density at radius 3 is 2.32 bits per heavy atom. The van der Waals surface area contributed by atoms with Crippen molar-refractivity contribution in [3.8, 4) is 0 Å². The molecule has 124 valence electrons. The van der Waals surface area contributed by atoms with Crippen LogP contribution >= 0.6 is 0 Å². The largest absolute Gasteiger partial charge is 0.444 e. The lowest BCUT2D eigenvalue weighted by molar-refractivity contribution is -0.141. The Morgan fingerprint density at radius 2 is 1.86 bits per heavy atom. The molecule has 1 rings (SSSR count). The first-order valence-electron chi connectivity index (χ1n) is 6.25. The number of carbonyl (C=O) groups is 1. The van der Waals surface area contributed by atoms with Crippen molar-refractivity contribution >= 4 is 28.3 Å². The van der Waals surface area contributed by atoms with Crippen LogP contribution in [0.5, 0.6) is 0 Å². The number of nitrogens with one attached hydrogen (secondary N) is 1. The van der Waals surface area contributed by atoms with Gasteiger partial charge in [0.15, 0.2) is 5.82 Å². The molecule has 1 aromatic heterocycles. The Morgan fingerprint density at radius 1 is 1.27 bits per heavy atom. The minimum Gasteiger partial charge on any atom is -0.444 e. The van der Waals surface area contributed by atoms with Crippen LogP contribution in [0.15, 0.2) is 16.5 Å². The molecule has 0 saturated heterocycles. The summed E-state index contributed by atoms with van der Waals surface area (Å²) >= 11 is 0. The van der Waals surface area contributed by atoms with E-state index in [0.29, 0.717) is 0 Å². The Bertz CT molecular complexity index is 591. The molecule has 22 heavy (non-hydrogen) atoms. The van der Waals surface area contributed by atoms with Crippen molar-refractivity contribution in [2.75, 3.05) is 17.8 Å². The average Bonchev–Trinajstić information content (AvgIpc) is 2.22. The van der Waals surface area contributed by atoms with Crippen molar-refractivity contribution < 1.29 is 22.7 Å². The second-order valence-electron chi connectivity index (χ2n) is 5.59. The predicted octanol–water partition coefficient (Wildman–Crippen LogP) is 4.14. The van der Waals surface area contributed by atoms with Crippen LogP contribution in [0.2, 0.25) is 0 Å². The summed E-state index contributed by atoms with van der Waals surface area (Å²) in [5.74, 6) is -0.0887. The van der Waals surface area contributed by atoms with Gasteiger partial charge in [0.2, 0.25) is 0 Å². The van der Waals surface area contributed by atoms with Crippen molar-refractivity contribution in [2.45, 2.75) is 32.5 Å². The van der Waals surface area contributed by atoms with Crippen molar-refractivity contribution in [1.82, 2.24) is 4.98 Å². The summed E-state index contributed by atoms with van der Waals surface area (Å²) in [4.78, 5) is 15.1. The molecule has 0 unspecified atom stereocenters. The van der Waals surface area contributed by atoms with Gasteiger partial charge in [-0.15, -0.1) is 0 Å². The number of hydrogen-bond acceptors (Lipinski definition) is 4. The molecule has 1 aromatic rings. The number of halogens is 3. The Labute approximate surface area is 129 Å². The molecule has 9 heteroatoms. The number of hydrogen-bond donors (Lipinski definition) is 1. The molecule has 0 saturated carbocycles. The summed E-state index contributed by atoms with van der Waals surface area (Å²) in [5.41, 5.74) is -1.94. The standard InChI is InChI=1S/C13H18F3N3O2S/c1-12(2,3)21-11(20)17-8-6-9(13(14,15)16)18-10(7-8)19-22(4)5/h6-7H,1-5H3,(H,17,18,20). The zero-order valence-electron chi connectivity index (χ0n) is 12.9. The van der Waals surface area contributed by atoms with E-state index in [1.165, 1.54) is 6.07 Å². The van der Waals surface area contributed by atoms with E-state index in [-0.39, 0.29) is 11.5 Å². The second-order valence-corrected chi connectivity index (χ2v) is 7.32. The SMILES string of the molecule is CS(C)=Nc1cc(NC(=O)OC(C)(C)C)cc(C(F)(F)F)n1. The van der Waals surface area contributed by atoms with Crippen molar-refractivity contribution in [2.24, 2.45) is 4.36 Å². The molecule has 0 radical (unpaired) electrons. The number of amides is 1. The van der Waals surface area contributed by atoms with E-state index in [1.807, 2.05) is 0 Å². The highest BCUT2D eigenvalue weighted by atomic mass is 32.2. The lowest BCUT2D eigenvalue weighted by atomic mass is 10.2. The lowest BCUT2D eigenvalue weighted by Crippen LogP contribution is -2.27. The smallest absolute Gasteiger partial charge is 0.433 e. The number of nitrogens with zero attached hydrogens (tertiary/aromatic N) is 2. The monoisotopic (exact) mass is 337 g/mol. The number of ether oxygens (including phenoxy) is 1. The van der Waals surface area contributed by atoms with E-state index in [2.05, 4.69) is 14.7 Å². The quantitative estimate of drug-likeness (QED) is 0.882. The highest BCUT2D eigenvalue weighted by Gasteiger charge is 2.33. The first-order chi connectivity index (χ1) is 9.87. The van der Waals surface area contributed by atoms with E-state index >= 15 is 0 Å². The fraction of sp³-hybridized carbons (Fsp3) is 0.538. The van der Waals surface area contributed by atoms with Gasteiger partial charge in [-0.2, -0.15) is 13.2 Å². The van der Waals surface area contributed by atoms with Gasteiger partial charge in [0, 0.05) is 11.8 Å². The van der Waals surface area contributed by atoms with Gasteiger partial charge in [-0.05, 0) is 39.3 Å². The van der Waals surface area contributed by atoms with Crippen molar-refractivity contribution in [3.05, 3.63) is 17.8 Å². The third-order valence-electron chi connectivity index (χ3n) is 2.02. The van der Waals surface area contributed by atoms with Gasteiger partial charge in [-0.25, -0.2) is 14.1 Å². The van der Waals surface area contributed by atoms with Crippen LogP contribution < -0.4 is 5.32 Å². The molecule has 0 aliphatic rings. The zero-order valence-corrected chi connectivity index (χ0v) is 13.7. The summed E-state index contributed by atoms with van der Waals surface area (Å²) in [5, 5.41) is 2.27. The molecule has 1 amide bonds. The molecule has 0 aliphatic carbocycles. The number of anilines is 1. The van der Waals surface area contributed by atoms with Crippen LogP contribution in [-0.2, 0) is 21.6 Å². The topological polar surface area (TPSA) is 63.6 Å². The third-order valence-corrected chi connectivity index (χ3v) is 2.58. The average molecular weight is 337 g/mol. The number of alkyl halides is 3. The van der Waals surface area contributed by atoms with E-state index in [0.717, 1.165) is 6.07 Å². The van der Waals surface area contributed by atoms with E-state index in [4.69, 9.17) is 4.74 Å². The molecule has 0 aliphatic heterocycles. The fourth-order valence-corrected chi connectivity index (χ4v) is 1.86. The van der Waals surface area contributed by atoms with Crippen LogP contribution in [0.4, 0.5) is 29.5 Å². The van der Waals surface area contributed by atoms with E-state index in [9.17, 15) is 18.0 Å². The molecule has 0 aromatic carbocycles. The van der Waals surface area contributed by atoms with Gasteiger partial charge in [0.05, 0.1) is 0 Å². The van der Waals surface area contributed by atoms with Gasteiger partial charge >= 0.3 is 12.3 Å². The molecule has 0 atom stereocenters. The third kappa shape index (κ3) is 6.42. The summed E-state index contributed by atoms with van der Waals surface area (Å²) in [7, 11) is -0.487. The van der Waals surface area contributed by atoms with Crippen molar-refractivity contribution in [3.63, 3.8) is 0 Å². The molecule has 1 N–H and O–H groups in total. The van der Waals surface area contributed by atoms with Crippen LogP contribution in [0.25, 0.3) is 0 Å². The van der Waals surface area contributed by atoms with Crippen molar-refractivity contribution in [1.29, 1.82) is 0 Å². The lowest BCUT2D eigenvalue weighted by Gasteiger charge is -2.20. The molecule has 0 spiro atoms. The highest BCUT2D eigenvalue weighted by Crippen LogP contribution is 2.31. The minimum atomic E-state index is -4.63. The molecule has 5 nitrogen and oxygen atoms in total. The first-order valence-corrected chi connectivity index (χ1v) is 8.25. The van der Waals surface area contributed by atoms with Gasteiger partial charge in [0.1, 0.15) is 11.3 Å². The number of pyridine rings is 1. The summed E-state index contributed by atoms with van der Waals surface area (Å²) < 4.78 is 47.6. The number of rotatable bonds is 2. The maximum atomic E-state index is 12.8. The number of aromatic nitrogens is 1.